The first-order valence-corrected chi connectivity index (χ1v) is 6.51. The maximum atomic E-state index is 12.0. The average molecular weight is 263 g/mol. The number of hydrogen-bond donors (Lipinski definition) is 2. The van der Waals surface area contributed by atoms with Crippen LogP contribution in [0.1, 0.15) is 44.2 Å². The number of aryl methyl sites for hydroxylation is 1. The molecule has 0 bridgehead atoms. The number of nitrogens with one attached hydrogen (secondary N) is 1. The highest BCUT2D eigenvalue weighted by atomic mass is 16.4. The lowest BCUT2D eigenvalue weighted by molar-refractivity contribution is -0.145. The van der Waals surface area contributed by atoms with Gasteiger partial charge < -0.3 is 10.4 Å². The minimum atomic E-state index is -1.08. The van der Waals surface area contributed by atoms with Gasteiger partial charge in [0.2, 0.25) is 5.91 Å². The lowest BCUT2D eigenvalue weighted by Crippen LogP contribution is -2.29. The quantitative estimate of drug-likeness (QED) is 0.802. The molecule has 4 nitrogen and oxygen atoms in total. The van der Waals surface area contributed by atoms with E-state index in [0.717, 1.165) is 16.8 Å². The summed E-state index contributed by atoms with van der Waals surface area (Å²) in [7, 11) is 0. The summed E-state index contributed by atoms with van der Waals surface area (Å²) in [6.07, 6.45) is 0.282. The SMILES string of the molecule is CCC(C(=O)O)C(=O)Nc1c(C)cccc1C(C)C. The van der Waals surface area contributed by atoms with E-state index in [1.54, 1.807) is 6.92 Å². The fraction of sp³-hybridized carbons (Fsp3) is 0.467. The second kappa shape index (κ2) is 6.36. The van der Waals surface area contributed by atoms with Gasteiger partial charge in [0.05, 0.1) is 0 Å². The number of carbonyl (C=O) groups excluding carboxylic acids is 1. The van der Waals surface area contributed by atoms with E-state index in [4.69, 9.17) is 5.11 Å². The second-order valence-corrected chi connectivity index (χ2v) is 4.98. The van der Waals surface area contributed by atoms with Crippen molar-refractivity contribution in [1.29, 1.82) is 0 Å². The van der Waals surface area contributed by atoms with Gasteiger partial charge in [0, 0.05) is 5.69 Å². The van der Waals surface area contributed by atoms with E-state index in [1.807, 2.05) is 39.0 Å². The fourth-order valence-corrected chi connectivity index (χ4v) is 2.02. The van der Waals surface area contributed by atoms with Crippen LogP contribution in [0.25, 0.3) is 0 Å². The summed E-state index contributed by atoms with van der Waals surface area (Å²) in [6.45, 7) is 7.68. The number of benzene rings is 1. The highest BCUT2D eigenvalue weighted by Gasteiger charge is 2.25. The number of aliphatic carboxylic acids is 1. The van der Waals surface area contributed by atoms with Crippen molar-refractivity contribution in [3.63, 3.8) is 0 Å². The number of rotatable bonds is 5. The van der Waals surface area contributed by atoms with Crippen molar-refractivity contribution in [2.45, 2.75) is 40.0 Å². The Balaban J connectivity index is 3.05. The first-order valence-electron chi connectivity index (χ1n) is 6.51. The van der Waals surface area contributed by atoms with Gasteiger partial charge in [-0.15, -0.1) is 0 Å². The van der Waals surface area contributed by atoms with E-state index < -0.39 is 17.8 Å². The van der Waals surface area contributed by atoms with Crippen LogP contribution in [0.4, 0.5) is 5.69 Å². The van der Waals surface area contributed by atoms with Crippen LogP contribution in [-0.2, 0) is 9.59 Å². The Morgan fingerprint density at radius 2 is 1.95 bits per heavy atom. The molecule has 0 aliphatic heterocycles. The maximum Gasteiger partial charge on any atom is 0.316 e. The first kappa shape index (κ1) is 15.2. The monoisotopic (exact) mass is 263 g/mol. The Labute approximate surface area is 113 Å². The Morgan fingerprint density at radius 1 is 1.32 bits per heavy atom. The topological polar surface area (TPSA) is 66.4 Å². The maximum absolute atomic E-state index is 12.0. The van der Waals surface area contributed by atoms with Crippen LogP contribution in [0.5, 0.6) is 0 Å². The van der Waals surface area contributed by atoms with E-state index in [9.17, 15) is 9.59 Å². The lowest BCUT2D eigenvalue weighted by Gasteiger charge is -2.18. The molecule has 0 aliphatic rings. The van der Waals surface area contributed by atoms with Crippen molar-refractivity contribution in [3.8, 4) is 0 Å². The van der Waals surface area contributed by atoms with Crippen LogP contribution in [0.2, 0.25) is 0 Å². The van der Waals surface area contributed by atoms with E-state index >= 15 is 0 Å². The highest BCUT2D eigenvalue weighted by molar-refractivity contribution is 6.04. The van der Waals surface area contributed by atoms with Crippen molar-refractivity contribution in [2.24, 2.45) is 5.92 Å². The zero-order valence-corrected chi connectivity index (χ0v) is 11.9. The van der Waals surface area contributed by atoms with Gasteiger partial charge in [-0.3, -0.25) is 9.59 Å². The molecule has 0 saturated heterocycles. The van der Waals surface area contributed by atoms with Gasteiger partial charge in [0.15, 0.2) is 0 Å². The van der Waals surface area contributed by atoms with Crippen LogP contribution < -0.4 is 5.32 Å². The van der Waals surface area contributed by atoms with Crippen molar-refractivity contribution in [1.82, 2.24) is 0 Å². The molecular weight excluding hydrogens is 242 g/mol. The summed E-state index contributed by atoms with van der Waals surface area (Å²) in [5.41, 5.74) is 2.70. The Morgan fingerprint density at radius 3 is 2.42 bits per heavy atom. The van der Waals surface area contributed by atoms with Gasteiger partial charge in [-0.25, -0.2) is 0 Å². The largest absolute Gasteiger partial charge is 0.481 e. The van der Waals surface area contributed by atoms with Gasteiger partial charge >= 0.3 is 5.97 Å². The first-order chi connectivity index (χ1) is 8.88. The zero-order valence-electron chi connectivity index (χ0n) is 11.9. The van der Waals surface area contributed by atoms with Crippen molar-refractivity contribution in [2.75, 3.05) is 5.32 Å². The molecule has 0 spiro atoms. The molecule has 19 heavy (non-hydrogen) atoms. The Kier molecular flexibility index (Phi) is 5.10. The molecule has 0 saturated carbocycles. The summed E-state index contributed by atoms with van der Waals surface area (Å²) in [4.78, 5) is 23.0. The number of hydrogen-bond acceptors (Lipinski definition) is 2. The molecular formula is C15H21NO3. The standard InChI is InChI=1S/C15H21NO3/c1-5-11(15(18)19)14(17)16-13-10(4)7-6-8-12(13)9(2)3/h6-9,11H,5H2,1-4H3,(H,16,17)(H,18,19). The predicted molar refractivity (Wildman–Crippen MR) is 75.3 cm³/mol. The molecule has 0 fully saturated rings. The van der Waals surface area contributed by atoms with Gasteiger partial charge in [-0.1, -0.05) is 39.0 Å². The van der Waals surface area contributed by atoms with Crippen LogP contribution in [-0.4, -0.2) is 17.0 Å². The average Bonchev–Trinajstić information content (AvgIpc) is 2.31. The predicted octanol–water partition coefficient (Wildman–Crippen LogP) is 3.17. The van der Waals surface area contributed by atoms with Gasteiger partial charge in [0.25, 0.3) is 0 Å². The molecule has 0 aromatic heterocycles. The molecule has 1 amide bonds. The Hall–Kier alpha value is -1.84. The molecule has 0 radical (unpaired) electrons. The smallest absolute Gasteiger partial charge is 0.316 e. The summed E-state index contributed by atoms with van der Waals surface area (Å²) in [6, 6.07) is 5.80. The van der Waals surface area contributed by atoms with Crippen LogP contribution in [0.15, 0.2) is 18.2 Å². The molecule has 1 aromatic rings. The molecule has 1 atom stereocenters. The second-order valence-electron chi connectivity index (χ2n) is 4.98. The summed E-state index contributed by atoms with van der Waals surface area (Å²) < 4.78 is 0. The summed E-state index contributed by atoms with van der Waals surface area (Å²) >= 11 is 0. The molecule has 1 aromatic carbocycles. The number of carbonyl (C=O) groups is 2. The molecule has 104 valence electrons. The lowest BCUT2D eigenvalue weighted by atomic mass is 9.97. The summed E-state index contributed by atoms with van der Waals surface area (Å²) in [5, 5.41) is 11.8. The van der Waals surface area contributed by atoms with Gasteiger partial charge in [-0.05, 0) is 30.4 Å². The molecule has 0 aliphatic carbocycles. The van der Waals surface area contributed by atoms with Crippen molar-refractivity contribution >= 4 is 17.6 Å². The van der Waals surface area contributed by atoms with Crippen molar-refractivity contribution < 1.29 is 14.7 Å². The number of anilines is 1. The highest BCUT2D eigenvalue weighted by Crippen LogP contribution is 2.28. The van der Waals surface area contributed by atoms with E-state index in [2.05, 4.69) is 5.32 Å². The van der Waals surface area contributed by atoms with Crippen molar-refractivity contribution in [3.05, 3.63) is 29.3 Å². The zero-order chi connectivity index (χ0) is 14.6. The third-order valence-electron chi connectivity index (χ3n) is 3.20. The van der Waals surface area contributed by atoms with E-state index in [1.165, 1.54) is 0 Å². The van der Waals surface area contributed by atoms with E-state index in [-0.39, 0.29) is 12.3 Å². The number of amides is 1. The number of carboxylic acids is 1. The minimum absolute atomic E-state index is 0.264. The third-order valence-corrected chi connectivity index (χ3v) is 3.20. The molecule has 4 heteroatoms. The van der Waals surface area contributed by atoms with Crippen LogP contribution in [0, 0.1) is 12.8 Å². The van der Waals surface area contributed by atoms with Crippen LogP contribution in [0.3, 0.4) is 0 Å². The number of para-hydroxylation sites is 1. The molecule has 1 rings (SSSR count). The van der Waals surface area contributed by atoms with Gasteiger partial charge in [0.1, 0.15) is 5.92 Å². The normalized spacial score (nSPS) is 12.3. The summed E-state index contributed by atoms with van der Waals surface area (Å²) in [5.74, 6) is -2.27. The van der Waals surface area contributed by atoms with E-state index in [0.29, 0.717) is 0 Å². The number of carboxylic acid groups (broad SMARTS) is 1. The molecule has 1 unspecified atom stereocenters. The molecule has 0 heterocycles. The fourth-order valence-electron chi connectivity index (χ4n) is 2.02. The van der Waals surface area contributed by atoms with Crippen LogP contribution >= 0.6 is 0 Å². The minimum Gasteiger partial charge on any atom is -0.481 e. The Bertz CT molecular complexity index is 480. The van der Waals surface area contributed by atoms with Gasteiger partial charge in [-0.2, -0.15) is 0 Å². The molecule has 2 N–H and O–H groups in total. The third kappa shape index (κ3) is 3.56.